The molecule has 2 fully saturated rings. The number of fused-ring (bicyclic) bond motifs is 3. The SMILES string of the molecule is CC(=O)N1[C@@H]2CC[C@H]1C[C@@H](n1c(C)nc3c1CCN(Cc1ccccc1)C3)C2. The van der Waals surface area contributed by atoms with E-state index in [4.69, 9.17) is 4.98 Å². The smallest absolute Gasteiger partial charge is 0.219 e. The van der Waals surface area contributed by atoms with Crippen LogP contribution >= 0.6 is 0 Å². The van der Waals surface area contributed by atoms with Gasteiger partial charge in [-0.2, -0.15) is 0 Å². The molecule has 1 aromatic carbocycles. The molecule has 0 spiro atoms. The van der Waals surface area contributed by atoms with Crippen LogP contribution in [-0.4, -0.2) is 43.9 Å². The normalized spacial score (nSPS) is 27.1. The van der Waals surface area contributed by atoms with Crippen LogP contribution in [0, 0.1) is 6.92 Å². The molecule has 4 heterocycles. The molecule has 5 heteroatoms. The maximum absolute atomic E-state index is 12.0. The molecule has 3 aliphatic rings. The molecule has 1 amide bonds. The minimum Gasteiger partial charge on any atom is -0.337 e. The zero-order chi connectivity index (χ0) is 19.3. The average Bonchev–Trinajstić information content (AvgIpc) is 3.15. The second-order valence-electron chi connectivity index (χ2n) is 8.81. The second-order valence-corrected chi connectivity index (χ2v) is 8.81. The van der Waals surface area contributed by atoms with Crippen molar-refractivity contribution in [3.63, 3.8) is 0 Å². The van der Waals surface area contributed by atoms with Crippen molar-refractivity contribution in [1.82, 2.24) is 19.4 Å². The van der Waals surface area contributed by atoms with Gasteiger partial charge in [-0.25, -0.2) is 4.98 Å². The van der Waals surface area contributed by atoms with Crippen molar-refractivity contribution in [3.8, 4) is 0 Å². The van der Waals surface area contributed by atoms with E-state index in [1.165, 1.54) is 29.8 Å². The molecule has 5 rings (SSSR count). The van der Waals surface area contributed by atoms with E-state index in [0.29, 0.717) is 18.1 Å². The number of piperidine rings is 1. The van der Waals surface area contributed by atoms with Crippen LogP contribution in [0.4, 0.5) is 0 Å². The van der Waals surface area contributed by atoms with Gasteiger partial charge < -0.3 is 9.47 Å². The maximum Gasteiger partial charge on any atom is 0.219 e. The lowest BCUT2D eigenvalue weighted by Crippen LogP contribution is -2.46. The predicted molar refractivity (Wildman–Crippen MR) is 109 cm³/mol. The molecular formula is C23H30N4O. The lowest BCUT2D eigenvalue weighted by Gasteiger charge is -2.40. The van der Waals surface area contributed by atoms with E-state index in [-0.39, 0.29) is 5.91 Å². The maximum atomic E-state index is 12.0. The number of nitrogens with zero attached hydrogens (tertiary/aromatic N) is 4. The highest BCUT2D eigenvalue weighted by Crippen LogP contribution is 2.42. The lowest BCUT2D eigenvalue weighted by atomic mass is 9.96. The fourth-order valence-electron chi connectivity index (χ4n) is 5.93. The molecule has 0 unspecified atom stereocenters. The Balaban J connectivity index is 1.34. The van der Waals surface area contributed by atoms with E-state index in [9.17, 15) is 4.79 Å². The van der Waals surface area contributed by atoms with Gasteiger partial charge in [0.1, 0.15) is 5.82 Å². The third-order valence-corrected chi connectivity index (χ3v) is 6.99. The molecule has 3 atom stereocenters. The Hall–Kier alpha value is -2.14. The molecule has 0 N–H and O–H groups in total. The molecule has 2 aromatic rings. The van der Waals surface area contributed by atoms with Crippen LogP contribution < -0.4 is 0 Å². The van der Waals surface area contributed by atoms with Gasteiger partial charge in [0.05, 0.1) is 5.69 Å². The first kappa shape index (κ1) is 17.9. The molecule has 2 saturated heterocycles. The van der Waals surface area contributed by atoms with E-state index < -0.39 is 0 Å². The zero-order valence-corrected chi connectivity index (χ0v) is 17.0. The zero-order valence-electron chi connectivity index (χ0n) is 17.0. The first-order chi connectivity index (χ1) is 13.6. The van der Waals surface area contributed by atoms with Crippen LogP contribution in [0.15, 0.2) is 30.3 Å². The molecule has 0 radical (unpaired) electrons. The number of aromatic nitrogens is 2. The molecule has 28 heavy (non-hydrogen) atoms. The quantitative estimate of drug-likeness (QED) is 0.821. The van der Waals surface area contributed by atoms with E-state index in [1.54, 1.807) is 6.92 Å². The van der Waals surface area contributed by atoms with Crippen molar-refractivity contribution in [1.29, 1.82) is 0 Å². The molecule has 5 nitrogen and oxygen atoms in total. The van der Waals surface area contributed by atoms with Crippen LogP contribution in [-0.2, 0) is 24.3 Å². The largest absolute Gasteiger partial charge is 0.337 e. The van der Waals surface area contributed by atoms with Gasteiger partial charge in [-0.05, 0) is 38.2 Å². The number of benzene rings is 1. The molecule has 3 aliphatic heterocycles. The Morgan fingerprint density at radius 1 is 1.11 bits per heavy atom. The second kappa shape index (κ2) is 7.03. The highest BCUT2D eigenvalue weighted by atomic mass is 16.2. The van der Waals surface area contributed by atoms with Gasteiger partial charge >= 0.3 is 0 Å². The summed E-state index contributed by atoms with van der Waals surface area (Å²) in [5.41, 5.74) is 4.08. The lowest BCUT2D eigenvalue weighted by molar-refractivity contribution is -0.133. The summed E-state index contributed by atoms with van der Waals surface area (Å²) in [5.74, 6) is 1.42. The summed E-state index contributed by atoms with van der Waals surface area (Å²) in [6, 6.07) is 12.1. The molecule has 2 bridgehead atoms. The summed E-state index contributed by atoms with van der Waals surface area (Å²) < 4.78 is 2.54. The fraction of sp³-hybridized carbons (Fsp3) is 0.565. The number of aryl methyl sites for hydroxylation is 1. The number of amides is 1. The molecular weight excluding hydrogens is 348 g/mol. The van der Waals surface area contributed by atoms with Gasteiger partial charge in [0.25, 0.3) is 0 Å². The van der Waals surface area contributed by atoms with Crippen molar-refractivity contribution < 1.29 is 4.79 Å². The number of imidazole rings is 1. The number of carbonyl (C=O) groups is 1. The standard InChI is InChI=1S/C23H30N4O/c1-16-24-22-15-25(14-18-6-4-3-5-7-18)11-10-23(22)26(16)21-12-19-8-9-20(13-21)27(19)17(2)28/h3-7,19-21H,8-15H2,1-2H3/t19-,20+,21+. The van der Waals surface area contributed by atoms with Gasteiger partial charge in [0.2, 0.25) is 5.91 Å². The van der Waals surface area contributed by atoms with Crippen molar-refractivity contribution >= 4 is 5.91 Å². The van der Waals surface area contributed by atoms with Crippen LogP contribution in [0.3, 0.4) is 0 Å². The third kappa shape index (κ3) is 3.06. The van der Waals surface area contributed by atoms with Gasteiger partial charge in [0, 0.05) is 56.8 Å². The Morgan fingerprint density at radius 3 is 2.50 bits per heavy atom. The summed E-state index contributed by atoms with van der Waals surface area (Å²) >= 11 is 0. The Labute approximate surface area is 167 Å². The Morgan fingerprint density at radius 2 is 1.82 bits per heavy atom. The van der Waals surface area contributed by atoms with Crippen molar-refractivity contribution in [3.05, 3.63) is 53.1 Å². The van der Waals surface area contributed by atoms with Crippen molar-refractivity contribution in [2.24, 2.45) is 0 Å². The third-order valence-electron chi connectivity index (χ3n) is 6.99. The van der Waals surface area contributed by atoms with Gasteiger partial charge in [-0.15, -0.1) is 0 Å². The summed E-state index contributed by atoms with van der Waals surface area (Å²) in [6.07, 6.45) is 5.59. The van der Waals surface area contributed by atoms with Crippen LogP contribution in [0.5, 0.6) is 0 Å². The highest BCUT2D eigenvalue weighted by molar-refractivity contribution is 5.74. The van der Waals surface area contributed by atoms with Gasteiger partial charge in [-0.3, -0.25) is 9.69 Å². The highest BCUT2D eigenvalue weighted by Gasteiger charge is 2.43. The fourth-order valence-corrected chi connectivity index (χ4v) is 5.93. The number of hydrogen-bond donors (Lipinski definition) is 0. The Bertz CT molecular complexity index is 860. The molecule has 0 aliphatic carbocycles. The van der Waals surface area contributed by atoms with Crippen molar-refractivity contribution in [2.75, 3.05) is 6.54 Å². The summed E-state index contributed by atoms with van der Waals surface area (Å²) in [4.78, 5) is 21.7. The number of rotatable bonds is 3. The van der Waals surface area contributed by atoms with Gasteiger partial charge in [0.15, 0.2) is 0 Å². The number of hydrogen-bond acceptors (Lipinski definition) is 3. The summed E-state index contributed by atoms with van der Waals surface area (Å²) in [5, 5.41) is 0. The van der Waals surface area contributed by atoms with Crippen LogP contribution in [0.25, 0.3) is 0 Å². The minimum atomic E-state index is 0.256. The first-order valence-corrected chi connectivity index (χ1v) is 10.7. The first-order valence-electron chi connectivity index (χ1n) is 10.7. The molecule has 0 saturated carbocycles. The van der Waals surface area contributed by atoms with E-state index in [2.05, 4.69) is 51.6 Å². The van der Waals surface area contributed by atoms with Gasteiger partial charge in [-0.1, -0.05) is 30.3 Å². The van der Waals surface area contributed by atoms with Crippen LogP contribution in [0.2, 0.25) is 0 Å². The molecule has 148 valence electrons. The van der Waals surface area contributed by atoms with Crippen molar-refractivity contribution in [2.45, 2.75) is 77.2 Å². The predicted octanol–water partition coefficient (Wildman–Crippen LogP) is 3.46. The number of carbonyl (C=O) groups excluding carboxylic acids is 1. The minimum absolute atomic E-state index is 0.256. The molecule has 1 aromatic heterocycles. The van der Waals surface area contributed by atoms with E-state index >= 15 is 0 Å². The van der Waals surface area contributed by atoms with Crippen LogP contribution in [0.1, 0.15) is 61.4 Å². The van der Waals surface area contributed by atoms with E-state index in [0.717, 1.165) is 44.7 Å². The average molecular weight is 379 g/mol. The topological polar surface area (TPSA) is 41.4 Å². The van der Waals surface area contributed by atoms with E-state index in [1.807, 2.05) is 0 Å². The monoisotopic (exact) mass is 378 g/mol. The summed E-state index contributed by atoms with van der Waals surface area (Å²) in [6.45, 7) is 6.92. The Kier molecular flexibility index (Phi) is 4.50. The summed E-state index contributed by atoms with van der Waals surface area (Å²) in [7, 11) is 0.